The van der Waals surface area contributed by atoms with Crippen LogP contribution in [0, 0.1) is 16.7 Å². The van der Waals surface area contributed by atoms with Gasteiger partial charge in [-0.05, 0) is 72.5 Å². The summed E-state index contributed by atoms with van der Waals surface area (Å²) in [4.78, 5) is 115. The number of fused-ring (bicyclic) bond motifs is 5. The molecule has 82 heavy (non-hydrogen) atoms. The van der Waals surface area contributed by atoms with Crippen LogP contribution in [0.1, 0.15) is 109 Å². The summed E-state index contributed by atoms with van der Waals surface area (Å²) in [7, 11) is 0. The molecule has 4 aliphatic rings. The molecule has 2 amide bonds. The minimum atomic E-state index is -2.59. The monoisotopic (exact) mass is 1120 g/mol. The van der Waals surface area contributed by atoms with Crippen molar-refractivity contribution in [3.63, 3.8) is 0 Å². The molecule has 19 heteroatoms. The molecule has 1 aliphatic heterocycles. The zero-order valence-corrected chi connectivity index (χ0v) is 45.9. The normalized spacial score (nSPS) is 27.5. The highest BCUT2D eigenvalue weighted by atomic mass is 16.6. The Morgan fingerprint density at radius 2 is 1.06 bits per heavy atom. The Balaban J connectivity index is 1.19. The number of ketones is 1. The standard InChI is InChI=1S/C63H64N2O17/c1-35-43(79-58(74)49(68)47(38-22-12-7-13-23-38)64-55(71)40-26-16-9-17-27-40)33-63(76)54(81-57(73)42-30-20-11-21-31-42)52-61(6,53(70)51(78-36(2)66)46(35)60(63,4)5)44(32-45-62(52,34-77-45)82-37(3)67)80-59(75)50(69)48(39-24-14-8-15-25-39)65-56(72)41-28-18-10-19-29-41/h7-31,43-45,47-52,54,68-69,76H,32-34H2,1-6H3,(H,64,71)(H,65,72)/t43-,44-,45+,47-,48?,49+,50?,51+,52?,54?,61+,62-,63+/m0/s1. The third kappa shape index (κ3) is 10.7. The van der Waals surface area contributed by atoms with E-state index >= 15 is 4.79 Å². The second-order valence-corrected chi connectivity index (χ2v) is 21.9. The van der Waals surface area contributed by atoms with Gasteiger partial charge in [0.05, 0.1) is 35.6 Å². The number of benzene rings is 5. The van der Waals surface area contributed by atoms with Crippen molar-refractivity contribution in [2.24, 2.45) is 16.7 Å². The number of nitrogens with one attached hydrogen (secondary N) is 2. The van der Waals surface area contributed by atoms with Gasteiger partial charge in [0.15, 0.2) is 29.7 Å². The van der Waals surface area contributed by atoms with Crippen molar-refractivity contribution in [2.45, 2.75) is 120 Å². The summed E-state index contributed by atoms with van der Waals surface area (Å²) in [5.41, 5.74) is -7.86. The van der Waals surface area contributed by atoms with E-state index < -0.39 is 150 Å². The molecule has 3 fully saturated rings. The van der Waals surface area contributed by atoms with E-state index in [9.17, 15) is 48.9 Å². The van der Waals surface area contributed by atoms with E-state index in [1.165, 1.54) is 52.0 Å². The third-order valence-electron chi connectivity index (χ3n) is 16.7. The number of carbonyl (C=O) groups excluding carboxylic acids is 8. The molecule has 428 valence electrons. The molecule has 5 aromatic rings. The van der Waals surface area contributed by atoms with Gasteiger partial charge in [0.1, 0.15) is 30.0 Å². The van der Waals surface area contributed by atoms with Crippen LogP contribution in [-0.4, -0.2) is 123 Å². The predicted octanol–water partition coefficient (Wildman–Crippen LogP) is 5.82. The number of aliphatic hydroxyl groups is 3. The second kappa shape index (κ2) is 23.2. The number of esters is 5. The highest BCUT2D eigenvalue weighted by Crippen LogP contribution is 2.65. The Bertz CT molecular complexity index is 3270. The first-order valence-corrected chi connectivity index (χ1v) is 26.8. The summed E-state index contributed by atoms with van der Waals surface area (Å²) in [6, 6.07) is 37.1. The number of carbonyl (C=O) groups is 8. The first kappa shape index (κ1) is 58.3. The van der Waals surface area contributed by atoms with E-state index in [4.69, 9.17) is 28.4 Å². The van der Waals surface area contributed by atoms with Gasteiger partial charge < -0.3 is 54.4 Å². The van der Waals surface area contributed by atoms with Crippen molar-refractivity contribution in [1.82, 2.24) is 10.6 Å². The van der Waals surface area contributed by atoms with E-state index in [1.54, 1.807) is 127 Å². The van der Waals surface area contributed by atoms with Crippen molar-refractivity contribution in [2.75, 3.05) is 6.61 Å². The molecule has 9 rings (SSSR count). The van der Waals surface area contributed by atoms with Crippen LogP contribution in [0.3, 0.4) is 0 Å². The lowest BCUT2D eigenvalue weighted by Gasteiger charge is -2.67. The van der Waals surface area contributed by atoms with E-state index in [0.29, 0.717) is 11.1 Å². The van der Waals surface area contributed by atoms with Crippen molar-refractivity contribution in [3.05, 3.63) is 191 Å². The number of hydrogen-bond acceptors (Lipinski definition) is 17. The molecule has 5 aromatic carbocycles. The molecule has 0 radical (unpaired) electrons. The van der Waals surface area contributed by atoms with Crippen LogP contribution < -0.4 is 10.6 Å². The van der Waals surface area contributed by atoms with Crippen molar-refractivity contribution < 1.29 is 82.1 Å². The molecule has 1 saturated heterocycles. The Hall–Kier alpha value is -8.36. The predicted molar refractivity (Wildman–Crippen MR) is 291 cm³/mol. The summed E-state index contributed by atoms with van der Waals surface area (Å²) >= 11 is 0. The zero-order chi connectivity index (χ0) is 58.9. The Morgan fingerprint density at radius 1 is 0.610 bits per heavy atom. The SMILES string of the molecule is CC(=O)O[C@H]1C(=O)[C@@]2(C)C(C(OC(=O)c3ccccc3)[C@]3(O)C[C@H](OC(=O)[C@H](O)[C@@H](NC(=O)c4ccccc4)c4ccccc4)C(C)=C1C3(C)C)[C@]1(OC(C)=O)CO[C@@H]1C[C@@H]2OC(=O)C(O)C(NC(=O)c1ccccc1)c1ccccc1. The van der Waals surface area contributed by atoms with Crippen LogP contribution in [0.2, 0.25) is 0 Å². The molecule has 19 nitrogen and oxygen atoms in total. The molecule has 1 heterocycles. The minimum Gasteiger partial charge on any atom is -0.459 e. The number of aliphatic hydroxyl groups excluding tert-OH is 2. The maximum absolute atomic E-state index is 16.5. The van der Waals surface area contributed by atoms with E-state index in [-0.39, 0.29) is 27.8 Å². The van der Waals surface area contributed by atoms with E-state index in [0.717, 1.165) is 13.8 Å². The average Bonchev–Trinajstić information content (AvgIpc) is 1.23. The van der Waals surface area contributed by atoms with Crippen LogP contribution in [0.15, 0.2) is 163 Å². The smallest absolute Gasteiger partial charge is 0.338 e. The van der Waals surface area contributed by atoms with Gasteiger partial charge in [-0.25, -0.2) is 14.4 Å². The fourth-order valence-electron chi connectivity index (χ4n) is 12.5. The van der Waals surface area contributed by atoms with Crippen molar-refractivity contribution in [1.29, 1.82) is 0 Å². The number of hydrogen-bond donors (Lipinski definition) is 5. The van der Waals surface area contributed by atoms with Crippen LogP contribution in [0.5, 0.6) is 0 Å². The van der Waals surface area contributed by atoms with Crippen LogP contribution in [-0.2, 0) is 52.4 Å². The topological polar surface area (TPSA) is 277 Å². The summed E-state index contributed by atoms with van der Waals surface area (Å²) in [5, 5.41) is 43.8. The molecule has 13 atom stereocenters. The average molecular weight is 1120 g/mol. The quantitative estimate of drug-likeness (QED) is 0.0442. The molecule has 5 N–H and O–H groups in total. The van der Waals surface area contributed by atoms with Gasteiger partial charge in [0.2, 0.25) is 0 Å². The Morgan fingerprint density at radius 3 is 1.50 bits per heavy atom. The summed E-state index contributed by atoms with van der Waals surface area (Å²) in [6.45, 7) is 7.50. The van der Waals surface area contributed by atoms with E-state index in [2.05, 4.69) is 10.6 Å². The molecule has 2 saturated carbocycles. The number of amides is 2. The van der Waals surface area contributed by atoms with Crippen LogP contribution in [0.25, 0.3) is 0 Å². The van der Waals surface area contributed by atoms with Crippen molar-refractivity contribution >= 4 is 47.4 Å². The lowest BCUT2D eigenvalue weighted by molar-refractivity contribution is -0.346. The molecule has 2 bridgehead atoms. The van der Waals surface area contributed by atoms with E-state index in [1.807, 2.05) is 0 Å². The molecule has 0 aromatic heterocycles. The highest BCUT2D eigenvalue weighted by molar-refractivity contribution is 5.97. The first-order chi connectivity index (χ1) is 39.0. The lowest BCUT2D eigenvalue weighted by atomic mass is 9.44. The zero-order valence-electron chi connectivity index (χ0n) is 45.9. The molecule has 4 unspecified atom stereocenters. The van der Waals surface area contributed by atoms with Gasteiger partial charge in [0, 0.05) is 43.2 Å². The van der Waals surface area contributed by atoms with Gasteiger partial charge in [-0.1, -0.05) is 129 Å². The second-order valence-electron chi connectivity index (χ2n) is 21.9. The number of Topliss-reactive ketones (excluding diaryl/α,β-unsaturated/α-hetero) is 1. The Labute approximate surface area is 472 Å². The largest absolute Gasteiger partial charge is 0.459 e. The molecular formula is C63H64N2O17. The lowest BCUT2D eigenvalue weighted by Crippen LogP contribution is -2.82. The molecule has 0 spiro atoms. The molecular weight excluding hydrogens is 1060 g/mol. The maximum atomic E-state index is 16.5. The first-order valence-electron chi connectivity index (χ1n) is 26.8. The van der Waals surface area contributed by atoms with Gasteiger partial charge >= 0.3 is 29.8 Å². The van der Waals surface area contributed by atoms with Crippen LogP contribution >= 0.6 is 0 Å². The third-order valence-corrected chi connectivity index (χ3v) is 16.7. The van der Waals surface area contributed by atoms with Gasteiger partial charge in [-0.2, -0.15) is 0 Å². The fraction of sp³-hybridized carbons (Fsp3) is 0.365. The van der Waals surface area contributed by atoms with Gasteiger partial charge in [-0.3, -0.25) is 24.0 Å². The van der Waals surface area contributed by atoms with Gasteiger partial charge in [-0.15, -0.1) is 0 Å². The Kier molecular flexibility index (Phi) is 16.5. The summed E-state index contributed by atoms with van der Waals surface area (Å²) in [5.74, 6) is -9.70. The minimum absolute atomic E-state index is 0.0236. The van der Waals surface area contributed by atoms with Crippen LogP contribution in [0.4, 0.5) is 0 Å². The number of ether oxygens (including phenoxy) is 6. The summed E-state index contributed by atoms with van der Waals surface area (Å²) < 4.78 is 37.6. The maximum Gasteiger partial charge on any atom is 0.338 e. The van der Waals surface area contributed by atoms with Gasteiger partial charge in [0.25, 0.3) is 11.8 Å². The highest BCUT2D eigenvalue weighted by Gasteiger charge is 2.79. The van der Waals surface area contributed by atoms with Crippen molar-refractivity contribution in [3.8, 4) is 0 Å². The summed E-state index contributed by atoms with van der Waals surface area (Å²) in [6.07, 6.45) is -14.1. The fourth-order valence-corrected chi connectivity index (χ4v) is 12.5. The molecule has 3 aliphatic carbocycles. The number of rotatable bonds is 16.